The third kappa shape index (κ3) is 3.14. The van der Waals surface area contributed by atoms with Gasteiger partial charge in [-0.15, -0.1) is 0 Å². The second-order valence-corrected chi connectivity index (χ2v) is 6.89. The number of hydrogen-bond donors (Lipinski definition) is 1. The number of ketones is 1. The SMILES string of the molecule is CNC1(c2ccccc2Cl)CCC/C(=C\c2cccc(Cl)c2)C1=O. The molecule has 2 nitrogen and oxygen atoms in total. The quantitative estimate of drug-likeness (QED) is 0.758. The van der Waals surface area contributed by atoms with Gasteiger partial charge in [0.05, 0.1) is 0 Å². The molecule has 1 unspecified atom stereocenters. The Bertz CT molecular complexity index is 800. The van der Waals surface area contributed by atoms with Gasteiger partial charge in [0.25, 0.3) is 0 Å². The van der Waals surface area contributed by atoms with Gasteiger partial charge in [0.1, 0.15) is 5.54 Å². The van der Waals surface area contributed by atoms with E-state index in [1.807, 2.05) is 61.7 Å². The zero-order valence-corrected chi connectivity index (χ0v) is 15.0. The maximum atomic E-state index is 13.3. The van der Waals surface area contributed by atoms with Gasteiger partial charge >= 0.3 is 0 Å². The first-order valence-electron chi connectivity index (χ1n) is 8.02. The van der Waals surface area contributed by atoms with Gasteiger partial charge in [0, 0.05) is 10.0 Å². The monoisotopic (exact) mass is 359 g/mol. The largest absolute Gasteiger partial charge is 0.304 e. The van der Waals surface area contributed by atoms with Crippen molar-refractivity contribution < 1.29 is 4.79 Å². The maximum absolute atomic E-state index is 13.3. The average molecular weight is 360 g/mol. The second kappa shape index (κ2) is 7.10. The average Bonchev–Trinajstić information content (AvgIpc) is 2.58. The van der Waals surface area contributed by atoms with Crippen LogP contribution in [0, 0.1) is 0 Å². The van der Waals surface area contributed by atoms with Crippen molar-refractivity contribution in [3.05, 3.63) is 75.3 Å². The molecule has 2 aromatic rings. The summed E-state index contributed by atoms with van der Waals surface area (Å²) in [6.07, 6.45) is 4.36. The molecule has 124 valence electrons. The smallest absolute Gasteiger partial charge is 0.183 e. The summed E-state index contributed by atoms with van der Waals surface area (Å²) in [6.45, 7) is 0. The highest BCUT2D eigenvalue weighted by molar-refractivity contribution is 6.32. The molecule has 1 saturated carbocycles. The number of Topliss-reactive ketones (excluding diaryl/α,β-unsaturated/α-hetero) is 1. The van der Waals surface area contributed by atoms with Crippen molar-refractivity contribution >= 4 is 35.1 Å². The van der Waals surface area contributed by atoms with Crippen molar-refractivity contribution in [3.63, 3.8) is 0 Å². The number of rotatable bonds is 3. The summed E-state index contributed by atoms with van der Waals surface area (Å²) in [4.78, 5) is 13.3. The Morgan fingerprint density at radius 1 is 1.12 bits per heavy atom. The Morgan fingerprint density at radius 3 is 2.62 bits per heavy atom. The van der Waals surface area contributed by atoms with E-state index in [0.717, 1.165) is 36.0 Å². The zero-order valence-electron chi connectivity index (χ0n) is 13.5. The van der Waals surface area contributed by atoms with Crippen LogP contribution in [0.5, 0.6) is 0 Å². The van der Waals surface area contributed by atoms with E-state index in [4.69, 9.17) is 23.2 Å². The highest BCUT2D eigenvalue weighted by atomic mass is 35.5. The minimum absolute atomic E-state index is 0.0873. The van der Waals surface area contributed by atoms with E-state index in [2.05, 4.69) is 5.32 Å². The van der Waals surface area contributed by atoms with Gasteiger partial charge in [-0.2, -0.15) is 0 Å². The number of likely N-dealkylation sites (N-methyl/N-ethyl adjacent to an activating group) is 1. The van der Waals surface area contributed by atoms with E-state index in [9.17, 15) is 4.79 Å². The molecule has 0 bridgehead atoms. The van der Waals surface area contributed by atoms with Crippen LogP contribution in [0.3, 0.4) is 0 Å². The van der Waals surface area contributed by atoms with Crippen LogP contribution in [0.4, 0.5) is 0 Å². The van der Waals surface area contributed by atoms with E-state index in [1.165, 1.54) is 0 Å². The summed E-state index contributed by atoms with van der Waals surface area (Å²) < 4.78 is 0. The fourth-order valence-corrected chi connectivity index (χ4v) is 3.91. The highest BCUT2D eigenvalue weighted by Crippen LogP contribution is 2.40. The van der Waals surface area contributed by atoms with Gasteiger partial charge < -0.3 is 5.32 Å². The molecule has 1 aliphatic carbocycles. The number of carbonyl (C=O) groups excluding carboxylic acids is 1. The number of carbonyl (C=O) groups is 1. The maximum Gasteiger partial charge on any atom is 0.183 e. The van der Waals surface area contributed by atoms with Crippen molar-refractivity contribution in [2.45, 2.75) is 24.8 Å². The number of hydrogen-bond acceptors (Lipinski definition) is 2. The molecule has 1 aliphatic rings. The summed E-state index contributed by atoms with van der Waals surface area (Å²) in [5.74, 6) is 0.0873. The lowest BCUT2D eigenvalue weighted by atomic mass is 9.73. The number of nitrogens with one attached hydrogen (secondary N) is 1. The molecule has 24 heavy (non-hydrogen) atoms. The van der Waals surface area contributed by atoms with Crippen LogP contribution in [-0.4, -0.2) is 12.8 Å². The van der Waals surface area contributed by atoms with E-state index in [-0.39, 0.29) is 5.78 Å². The van der Waals surface area contributed by atoms with Gasteiger partial charge in [-0.1, -0.05) is 53.5 Å². The molecule has 1 fully saturated rings. The fraction of sp³-hybridized carbons (Fsp3) is 0.250. The van der Waals surface area contributed by atoms with Crippen molar-refractivity contribution in [1.29, 1.82) is 0 Å². The summed E-state index contributed by atoms with van der Waals surface area (Å²) in [5.41, 5.74) is 1.83. The van der Waals surface area contributed by atoms with Crippen LogP contribution < -0.4 is 5.32 Å². The molecule has 0 saturated heterocycles. The van der Waals surface area contributed by atoms with Crippen LogP contribution in [0.1, 0.15) is 30.4 Å². The van der Waals surface area contributed by atoms with Crippen molar-refractivity contribution in [2.75, 3.05) is 7.05 Å². The molecule has 2 aromatic carbocycles. The summed E-state index contributed by atoms with van der Waals surface area (Å²) >= 11 is 12.4. The molecular formula is C20H19Cl2NO. The molecule has 0 spiro atoms. The molecule has 0 amide bonds. The second-order valence-electron chi connectivity index (χ2n) is 6.04. The number of benzene rings is 2. The predicted molar refractivity (Wildman–Crippen MR) is 100 cm³/mol. The fourth-order valence-electron chi connectivity index (χ4n) is 3.42. The molecule has 0 aliphatic heterocycles. The van der Waals surface area contributed by atoms with Crippen molar-refractivity contribution in [3.8, 4) is 0 Å². The van der Waals surface area contributed by atoms with E-state index in [1.54, 1.807) is 0 Å². The van der Waals surface area contributed by atoms with Crippen molar-refractivity contribution in [1.82, 2.24) is 5.32 Å². The van der Waals surface area contributed by atoms with Crippen LogP contribution in [0.15, 0.2) is 54.1 Å². The van der Waals surface area contributed by atoms with Gasteiger partial charge in [-0.05, 0) is 67.3 Å². The van der Waals surface area contributed by atoms with E-state index >= 15 is 0 Å². The van der Waals surface area contributed by atoms with Crippen LogP contribution in [0.25, 0.3) is 6.08 Å². The standard InChI is InChI=1S/C20H19Cl2NO/c1-23-20(17-9-2-3-10-18(17)22)11-5-7-15(19(20)24)12-14-6-4-8-16(21)13-14/h2-4,6,8-10,12-13,23H,5,7,11H2,1H3/b15-12+. The Balaban J connectivity index is 2.04. The lowest BCUT2D eigenvalue weighted by Gasteiger charge is -2.37. The first-order chi connectivity index (χ1) is 11.6. The van der Waals surface area contributed by atoms with Gasteiger partial charge in [-0.25, -0.2) is 0 Å². The summed E-state index contributed by atoms with van der Waals surface area (Å²) in [5, 5.41) is 4.53. The molecule has 1 N–H and O–H groups in total. The normalized spacial score (nSPS) is 22.8. The molecule has 0 aromatic heterocycles. The predicted octanol–water partition coefficient (Wildman–Crippen LogP) is 5.24. The van der Waals surface area contributed by atoms with Gasteiger partial charge in [-0.3, -0.25) is 4.79 Å². The molecule has 0 radical (unpaired) electrons. The Hall–Kier alpha value is -1.61. The van der Waals surface area contributed by atoms with Crippen LogP contribution >= 0.6 is 23.2 Å². The van der Waals surface area contributed by atoms with Gasteiger partial charge in [0.15, 0.2) is 5.78 Å². The Labute approximate surface area is 152 Å². The minimum atomic E-state index is -0.763. The molecule has 0 heterocycles. The van der Waals surface area contributed by atoms with E-state index < -0.39 is 5.54 Å². The van der Waals surface area contributed by atoms with Crippen molar-refractivity contribution in [2.24, 2.45) is 0 Å². The third-order valence-electron chi connectivity index (χ3n) is 4.63. The topological polar surface area (TPSA) is 29.1 Å². The minimum Gasteiger partial charge on any atom is -0.304 e. The Kier molecular flexibility index (Phi) is 5.09. The first-order valence-corrected chi connectivity index (χ1v) is 8.77. The van der Waals surface area contributed by atoms with E-state index in [0.29, 0.717) is 10.0 Å². The van der Waals surface area contributed by atoms with Gasteiger partial charge in [0.2, 0.25) is 0 Å². The van der Waals surface area contributed by atoms with Crippen LogP contribution in [-0.2, 0) is 10.3 Å². The first kappa shape index (κ1) is 17.2. The molecule has 4 heteroatoms. The molecule has 1 atom stereocenters. The summed E-state index contributed by atoms with van der Waals surface area (Å²) in [6, 6.07) is 15.1. The molecular weight excluding hydrogens is 341 g/mol. The summed E-state index contributed by atoms with van der Waals surface area (Å²) in [7, 11) is 1.82. The molecule has 3 rings (SSSR count). The third-order valence-corrected chi connectivity index (χ3v) is 5.19. The number of halogens is 2. The van der Waals surface area contributed by atoms with Crippen LogP contribution in [0.2, 0.25) is 10.0 Å². The highest BCUT2D eigenvalue weighted by Gasteiger charge is 2.43. The Morgan fingerprint density at radius 2 is 1.92 bits per heavy atom. The zero-order chi connectivity index (χ0) is 17.2. The lowest BCUT2D eigenvalue weighted by molar-refractivity contribution is -0.123. The lowest BCUT2D eigenvalue weighted by Crippen LogP contribution is -2.50.